The minimum absolute atomic E-state index is 0.0523. The first-order chi connectivity index (χ1) is 9.61. The number of pyridine rings is 1. The van der Waals surface area contributed by atoms with Crippen molar-refractivity contribution in [3.63, 3.8) is 0 Å². The van der Waals surface area contributed by atoms with Crippen molar-refractivity contribution >= 4 is 5.69 Å². The highest BCUT2D eigenvalue weighted by molar-refractivity contribution is 5.44. The molecule has 6 nitrogen and oxygen atoms in total. The summed E-state index contributed by atoms with van der Waals surface area (Å²) < 4.78 is 5.54. The van der Waals surface area contributed by atoms with Crippen LogP contribution in [0.4, 0.5) is 5.69 Å². The third-order valence-electron chi connectivity index (χ3n) is 2.76. The van der Waals surface area contributed by atoms with Gasteiger partial charge in [0.15, 0.2) is 0 Å². The molecule has 1 aromatic heterocycles. The molecular weight excluding hydrogens is 258 g/mol. The van der Waals surface area contributed by atoms with E-state index < -0.39 is 4.92 Å². The zero-order chi connectivity index (χ0) is 14.5. The Morgan fingerprint density at radius 3 is 2.90 bits per heavy atom. The van der Waals surface area contributed by atoms with Crippen molar-refractivity contribution in [2.45, 2.75) is 13.5 Å². The molecule has 0 atom stereocenters. The predicted molar refractivity (Wildman–Crippen MR) is 71.1 cm³/mol. The standard InChI is InChI=1S/C14H11N3O3/c1-10-7-12(4-5-14(10)17(18)19)20-9-11-3-2-6-16-13(11)8-15/h2-7H,9H2,1H3. The lowest BCUT2D eigenvalue weighted by atomic mass is 10.2. The first-order valence-corrected chi connectivity index (χ1v) is 5.83. The summed E-state index contributed by atoms with van der Waals surface area (Å²) in [5.74, 6) is 0.515. The smallest absolute Gasteiger partial charge is 0.272 e. The molecule has 1 heterocycles. The minimum atomic E-state index is -0.436. The van der Waals surface area contributed by atoms with Gasteiger partial charge in [0.1, 0.15) is 24.1 Å². The lowest BCUT2D eigenvalue weighted by molar-refractivity contribution is -0.385. The van der Waals surface area contributed by atoms with Crippen LogP contribution in [0.15, 0.2) is 36.5 Å². The highest BCUT2D eigenvalue weighted by Gasteiger charge is 2.11. The molecule has 0 aliphatic rings. The third kappa shape index (κ3) is 2.90. The summed E-state index contributed by atoms with van der Waals surface area (Å²) in [7, 11) is 0. The Hall–Kier alpha value is -2.94. The molecular formula is C14H11N3O3. The van der Waals surface area contributed by atoms with Crippen LogP contribution >= 0.6 is 0 Å². The number of hydrogen-bond acceptors (Lipinski definition) is 5. The van der Waals surface area contributed by atoms with Crippen LogP contribution in [0.25, 0.3) is 0 Å². The average molecular weight is 269 g/mol. The number of nitro groups is 1. The van der Waals surface area contributed by atoms with E-state index in [-0.39, 0.29) is 12.3 Å². The number of aromatic nitrogens is 1. The SMILES string of the molecule is Cc1cc(OCc2cccnc2C#N)ccc1[N+](=O)[O-]. The molecule has 0 saturated carbocycles. The predicted octanol–water partition coefficient (Wildman–Crippen LogP) is 2.75. The summed E-state index contributed by atoms with van der Waals surface area (Å²) in [4.78, 5) is 14.2. The van der Waals surface area contributed by atoms with Gasteiger partial charge < -0.3 is 4.74 Å². The highest BCUT2D eigenvalue weighted by atomic mass is 16.6. The van der Waals surface area contributed by atoms with E-state index in [0.717, 1.165) is 0 Å². The maximum atomic E-state index is 10.7. The van der Waals surface area contributed by atoms with E-state index in [4.69, 9.17) is 10.00 Å². The molecule has 2 rings (SSSR count). The van der Waals surface area contributed by atoms with E-state index in [9.17, 15) is 10.1 Å². The summed E-state index contributed by atoms with van der Waals surface area (Å²) in [6, 6.07) is 10.00. The number of rotatable bonds is 4. The van der Waals surface area contributed by atoms with Gasteiger partial charge in [0, 0.05) is 23.4 Å². The molecule has 0 amide bonds. The van der Waals surface area contributed by atoms with Gasteiger partial charge in [0.05, 0.1) is 4.92 Å². The fraction of sp³-hybridized carbons (Fsp3) is 0.143. The fourth-order valence-corrected chi connectivity index (χ4v) is 1.74. The van der Waals surface area contributed by atoms with Crippen LogP contribution in [0.1, 0.15) is 16.8 Å². The average Bonchev–Trinajstić information content (AvgIpc) is 2.45. The molecule has 0 aliphatic heterocycles. The number of nitrogens with zero attached hydrogens (tertiary/aromatic N) is 3. The molecule has 6 heteroatoms. The summed E-state index contributed by atoms with van der Waals surface area (Å²) in [5.41, 5.74) is 1.56. The second-order valence-electron chi connectivity index (χ2n) is 4.12. The lowest BCUT2D eigenvalue weighted by Gasteiger charge is -2.07. The number of benzene rings is 1. The molecule has 0 bridgehead atoms. The molecule has 0 unspecified atom stereocenters. The maximum absolute atomic E-state index is 10.7. The summed E-state index contributed by atoms with van der Waals surface area (Å²) in [6.45, 7) is 1.84. The molecule has 0 fully saturated rings. The van der Waals surface area contributed by atoms with E-state index in [1.54, 1.807) is 25.1 Å². The minimum Gasteiger partial charge on any atom is -0.489 e. The maximum Gasteiger partial charge on any atom is 0.272 e. The zero-order valence-electron chi connectivity index (χ0n) is 10.7. The Kier molecular flexibility index (Phi) is 3.91. The number of nitriles is 1. The van der Waals surface area contributed by atoms with Crippen molar-refractivity contribution in [1.29, 1.82) is 5.26 Å². The van der Waals surface area contributed by atoms with Crippen molar-refractivity contribution < 1.29 is 9.66 Å². The Balaban J connectivity index is 2.14. The second kappa shape index (κ2) is 5.80. The number of ether oxygens (including phenoxy) is 1. The van der Waals surface area contributed by atoms with Crippen LogP contribution in [0.2, 0.25) is 0 Å². The van der Waals surface area contributed by atoms with E-state index in [0.29, 0.717) is 22.6 Å². The topological polar surface area (TPSA) is 89.0 Å². The van der Waals surface area contributed by atoms with Crippen molar-refractivity contribution in [2.24, 2.45) is 0 Å². The van der Waals surface area contributed by atoms with Crippen molar-refractivity contribution in [3.05, 3.63) is 63.5 Å². The monoisotopic (exact) mass is 269 g/mol. The van der Waals surface area contributed by atoms with Crippen LogP contribution in [0, 0.1) is 28.4 Å². The largest absolute Gasteiger partial charge is 0.489 e. The lowest BCUT2D eigenvalue weighted by Crippen LogP contribution is -2.00. The van der Waals surface area contributed by atoms with Gasteiger partial charge >= 0.3 is 0 Å². The molecule has 2 aromatic rings. The van der Waals surface area contributed by atoms with Crippen LogP contribution < -0.4 is 4.74 Å². The van der Waals surface area contributed by atoms with Gasteiger partial charge in [-0.15, -0.1) is 0 Å². The van der Waals surface area contributed by atoms with Crippen LogP contribution in [-0.4, -0.2) is 9.91 Å². The molecule has 20 heavy (non-hydrogen) atoms. The summed E-state index contributed by atoms with van der Waals surface area (Å²) >= 11 is 0. The van der Waals surface area contributed by atoms with Crippen molar-refractivity contribution in [2.75, 3.05) is 0 Å². The van der Waals surface area contributed by atoms with Gasteiger partial charge in [-0.1, -0.05) is 6.07 Å². The fourth-order valence-electron chi connectivity index (χ4n) is 1.74. The van der Waals surface area contributed by atoms with E-state index in [1.807, 2.05) is 6.07 Å². The molecule has 0 N–H and O–H groups in total. The Bertz CT molecular complexity index is 692. The first kappa shape index (κ1) is 13.5. The normalized spacial score (nSPS) is 9.80. The molecule has 0 aliphatic carbocycles. The van der Waals surface area contributed by atoms with Gasteiger partial charge in [-0.2, -0.15) is 5.26 Å². The van der Waals surface area contributed by atoms with Crippen molar-refractivity contribution in [1.82, 2.24) is 4.98 Å². The number of aryl methyl sites for hydroxylation is 1. The Labute approximate surface area is 115 Å². The molecule has 0 saturated heterocycles. The van der Waals surface area contributed by atoms with Gasteiger partial charge in [0.2, 0.25) is 0 Å². The van der Waals surface area contributed by atoms with Gasteiger partial charge in [-0.25, -0.2) is 4.98 Å². The van der Waals surface area contributed by atoms with Crippen molar-refractivity contribution in [3.8, 4) is 11.8 Å². The molecule has 0 spiro atoms. The summed E-state index contributed by atoms with van der Waals surface area (Å²) in [5, 5.41) is 19.6. The van der Waals surface area contributed by atoms with E-state index in [2.05, 4.69) is 4.98 Å². The quantitative estimate of drug-likeness (QED) is 0.628. The molecule has 0 radical (unpaired) electrons. The number of nitro benzene ring substituents is 1. The molecule has 100 valence electrons. The first-order valence-electron chi connectivity index (χ1n) is 5.83. The van der Waals surface area contributed by atoms with Crippen LogP contribution in [-0.2, 0) is 6.61 Å². The number of hydrogen-bond donors (Lipinski definition) is 0. The Morgan fingerprint density at radius 2 is 2.25 bits per heavy atom. The van der Waals surface area contributed by atoms with Gasteiger partial charge in [0.25, 0.3) is 5.69 Å². The van der Waals surface area contributed by atoms with Crippen LogP contribution in [0.3, 0.4) is 0 Å². The summed E-state index contributed by atoms with van der Waals surface area (Å²) in [6.07, 6.45) is 1.54. The van der Waals surface area contributed by atoms with E-state index in [1.165, 1.54) is 18.3 Å². The highest BCUT2D eigenvalue weighted by Crippen LogP contribution is 2.23. The molecule has 1 aromatic carbocycles. The Morgan fingerprint density at radius 1 is 1.45 bits per heavy atom. The van der Waals surface area contributed by atoms with Gasteiger partial charge in [-0.3, -0.25) is 10.1 Å². The second-order valence-corrected chi connectivity index (χ2v) is 4.12. The zero-order valence-corrected chi connectivity index (χ0v) is 10.7. The van der Waals surface area contributed by atoms with Gasteiger partial charge in [-0.05, 0) is 25.1 Å². The van der Waals surface area contributed by atoms with Crippen LogP contribution in [0.5, 0.6) is 5.75 Å². The third-order valence-corrected chi connectivity index (χ3v) is 2.76. The van der Waals surface area contributed by atoms with E-state index >= 15 is 0 Å².